The average molecular weight is 475 g/mol. The van der Waals surface area contributed by atoms with E-state index in [4.69, 9.17) is 0 Å². The summed E-state index contributed by atoms with van der Waals surface area (Å²) in [5, 5.41) is 14.5. The third-order valence-corrected chi connectivity index (χ3v) is 6.19. The summed E-state index contributed by atoms with van der Waals surface area (Å²) in [6.07, 6.45) is 1.58. The van der Waals surface area contributed by atoms with E-state index in [0.717, 1.165) is 12.8 Å². The fourth-order valence-electron chi connectivity index (χ4n) is 3.53. The van der Waals surface area contributed by atoms with E-state index in [2.05, 4.69) is 22.4 Å². The second-order valence-electron chi connectivity index (χ2n) is 7.60. The Morgan fingerprint density at radius 3 is 2.44 bits per heavy atom. The predicted octanol–water partition coefficient (Wildman–Crippen LogP) is 4.67. The monoisotopic (exact) mass is 474 g/mol. The van der Waals surface area contributed by atoms with Crippen LogP contribution in [0.25, 0.3) is 10.9 Å². The van der Waals surface area contributed by atoms with Gasteiger partial charge in [0.05, 0.1) is 21.6 Å². The third-order valence-electron chi connectivity index (χ3n) is 5.21. The molecule has 4 aromatic rings. The highest BCUT2D eigenvalue weighted by Crippen LogP contribution is 2.20. The summed E-state index contributed by atoms with van der Waals surface area (Å²) in [5.41, 5.74) is 2.07. The number of thioether (sulfide) groups is 1. The summed E-state index contributed by atoms with van der Waals surface area (Å²) in [6.45, 7) is 0.484. The number of carbonyl (C=O) groups excluding carboxylic acids is 1. The lowest BCUT2D eigenvalue weighted by molar-refractivity contribution is -0.384. The van der Waals surface area contributed by atoms with Crippen LogP contribution in [0.4, 0.5) is 11.4 Å². The third kappa shape index (κ3) is 5.68. The van der Waals surface area contributed by atoms with Crippen LogP contribution < -0.4 is 10.9 Å². The number of nitrogens with one attached hydrogen (secondary N) is 1. The molecule has 3 aromatic carbocycles. The number of hydrogen-bond donors (Lipinski definition) is 1. The highest BCUT2D eigenvalue weighted by Gasteiger charge is 2.14. The quantitative estimate of drug-likeness (QED) is 0.164. The predicted molar refractivity (Wildman–Crippen MR) is 133 cm³/mol. The number of aromatic nitrogens is 2. The molecule has 8 nitrogen and oxygen atoms in total. The minimum absolute atomic E-state index is 0.0421. The van der Waals surface area contributed by atoms with Gasteiger partial charge in [0.1, 0.15) is 0 Å². The van der Waals surface area contributed by atoms with Crippen LogP contribution in [0, 0.1) is 10.1 Å². The van der Waals surface area contributed by atoms with Gasteiger partial charge < -0.3 is 5.32 Å². The molecule has 9 heteroatoms. The fraction of sp³-hybridized carbons (Fsp3) is 0.160. The summed E-state index contributed by atoms with van der Waals surface area (Å²) in [7, 11) is 0. The van der Waals surface area contributed by atoms with Crippen LogP contribution in [-0.2, 0) is 17.8 Å². The molecule has 0 saturated heterocycles. The number of rotatable bonds is 9. The Labute approximate surface area is 199 Å². The van der Waals surface area contributed by atoms with Crippen molar-refractivity contribution >= 4 is 39.9 Å². The number of amides is 1. The van der Waals surface area contributed by atoms with Crippen molar-refractivity contribution in [3.63, 3.8) is 0 Å². The summed E-state index contributed by atoms with van der Waals surface area (Å²) >= 11 is 1.19. The van der Waals surface area contributed by atoms with Gasteiger partial charge >= 0.3 is 0 Å². The second-order valence-corrected chi connectivity index (χ2v) is 8.54. The molecule has 0 aliphatic heterocycles. The van der Waals surface area contributed by atoms with Gasteiger partial charge in [-0.3, -0.25) is 24.3 Å². The number of nitrogens with zero attached hydrogens (tertiary/aromatic N) is 3. The Kier molecular flexibility index (Phi) is 7.34. The van der Waals surface area contributed by atoms with Crippen molar-refractivity contribution in [2.75, 3.05) is 11.1 Å². The van der Waals surface area contributed by atoms with E-state index in [0.29, 0.717) is 28.3 Å². The van der Waals surface area contributed by atoms with E-state index < -0.39 is 4.92 Å². The average Bonchev–Trinajstić information content (AvgIpc) is 2.85. The number of nitro groups is 1. The Morgan fingerprint density at radius 2 is 1.71 bits per heavy atom. The number of non-ortho nitro benzene ring substituents is 1. The number of aryl methyl sites for hydroxylation is 1. The Hall–Kier alpha value is -3.98. The van der Waals surface area contributed by atoms with E-state index in [-0.39, 0.29) is 22.9 Å². The SMILES string of the molecule is O=C(CSc1nc2ccccc2c(=O)n1CCCc1ccccc1)Nc1ccc([N+](=O)[O-])cc1. The standard InChI is InChI=1S/C25H22N4O4S/c30-23(26-19-12-14-20(15-13-19)29(32)33)17-34-25-27-22-11-5-4-10-21(22)24(31)28(25)16-6-9-18-7-2-1-3-8-18/h1-5,7-8,10-15H,6,9,16-17H2,(H,26,30). The topological polar surface area (TPSA) is 107 Å². The number of hydrogen-bond acceptors (Lipinski definition) is 6. The van der Waals surface area contributed by atoms with E-state index in [1.165, 1.54) is 41.6 Å². The number of benzene rings is 3. The van der Waals surface area contributed by atoms with E-state index in [9.17, 15) is 19.7 Å². The van der Waals surface area contributed by atoms with Gasteiger partial charge in [0, 0.05) is 24.4 Å². The first kappa shape index (κ1) is 23.2. The Morgan fingerprint density at radius 1 is 1.00 bits per heavy atom. The van der Waals surface area contributed by atoms with Gasteiger partial charge in [-0.05, 0) is 42.7 Å². The first-order valence-corrected chi connectivity index (χ1v) is 11.7. The molecule has 1 aromatic heterocycles. The van der Waals surface area contributed by atoms with Crippen molar-refractivity contribution in [2.45, 2.75) is 24.5 Å². The molecule has 0 bridgehead atoms. The van der Waals surface area contributed by atoms with Crippen molar-refractivity contribution in [2.24, 2.45) is 0 Å². The first-order chi connectivity index (χ1) is 16.5. The zero-order chi connectivity index (χ0) is 23.9. The summed E-state index contributed by atoms with van der Waals surface area (Å²) in [6, 6.07) is 22.9. The minimum atomic E-state index is -0.496. The Balaban J connectivity index is 1.48. The second kappa shape index (κ2) is 10.8. The molecule has 0 saturated carbocycles. The van der Waals surface area contributed by atoms with Crippen molar-refractivity contribution in [1.82, 2.24) is 9.55 Å². The van der Waals surface area contributed by atoms with E-state index in [1.807, 2.05) is 30.3 Å². The maximum Gasteiger partial charge on any atom is 0.269 e. The van der Waals surface area contributed by atoms with Crippen LogP contribution in [0.1, 0.15) is 12.0 Å². The number of fused-ring (bicyclic) bond motifs is 1. The van der Waals surface area contributed by atoms with Gasteiger partial charge in [-0.15, -0.1) is 0 Å². The molecule has 4 rings (SSSR count). The molecule has 0 aliphatic rings. The van der Waals surface area contributed by atoms with Crippen LogP contribution in [-0.4, -0.2) is 26.1 Å². The van der Waals surface area contributed by atoms with Crippen LogP contribution in [0.5, 0.6) is 0 Å². The van der Waals surface area contributed by atoms with Crippen molar-refractivity contribution in [3.05, 3.63) is 105 Å². The maximum atomic E-state index is 13.2. The molecule has 34 heavy (non-hydrogen) atoms. The smallest absolute Gasteiger partial charge is 0.269 e. The van der Waals surface area contributed by atoms with Crippen molar-refractivity contribution < 1.29 is 9.72 Å². The summed E-state index contributed by atoms with van der Waals surface area (Å²) < 4.78 is 1.63. The lowest BCUT2D eigenvalue weighted by atomic mass is 10.1. The van der Waals surface area contributed by atoms with Crippen LogP contribution in [0.15, 0.2) is 88.8 Å². The largest absolute Gasteiger partial charge is 0.325 e. The molecule has 0 atom stereocenters. The van der Waals surface area contributed by atoms with Gasteiger partial charge in [-0.25, -0.2) is 4.98 Å². The molecular formula is C25H22N4O4S. The van der Waals surface area contributed by atoms with Crippen molar-refractivity contribution in [1.29, 1.82) is 0 Å². The fourth-order valence-corrected chi connectivity index (χ4v) is 4.36. The van der Waals surface area contributed by atoms with Gasteiger partial charge in [0.2, 0.25) is 5.91 Å². The minimum Gasteiger partial charge on any atom is -0.325 e. The van der Waals surface area contributed by atoms with Gasteiger partial charge in [0.25, 0.3) is 11.2 Å². The van der Waals surface area contributed by atoms with Gasteiger partial charge in [-0.2, -0.15) is 0 Å². The van der Waals surface area contributed by atoms with Gasteiger partial charge in [-0.1, -0.05) is 54.2 Å². The lowest BCUT2D eigenvalue weighted by Crippen LogP contribution is -2.24. The summed E-state index contributed by atoms with van der Waals surface area (Å²) in [5.74, 6) is -0.252. The van der Waals surface area contributed by atoms with E-state index >= 15 is 0 Å². The van der Waals surface area contributed by atoms with Crippen LogP contribution in [0.3, 0.4) is 0 Å². The van der Waals surface area contributed by atoms with E-state index in [1.54, 1.807) is 16.7 Å². The lowest BCUT2D eigenvalue weighted by Gasteiger charge is -2.13. The number of para-hydroxylation sites is 1. The number of carbonyl (C=O) groups is 1. The molecule has 1 heterocycles. The van der Waals surface area contributed by atoms with Crippen LogP contribution in [0.2, 0.25) is 0 Å². The van der Waals surface area contributed by atoms with Crippen LogP contribution >= 0.6 is 11.8 Å². The van der Waals surface area contributed by atoms with Crippen molar-refractivity contribution in [3.8, 4) is 0 Å². The highest BCUT2D eigenvalue weighted by atomic mass is 32.2. The zero-order valence-electron chi connectivity index (χ0n) is 18.2. The highest BCUT2D eigenvalue weighted by molar-refractivity contribution is 7.99. The molecule has 0 unspecified atom stereocenters. The normalized spacial score (nSPS) is 10.8. The first-order valence-electron chi connectivity index (χ1n) is 10.7. The number of nitro benzene ring substituents is 1. The molecule has 172 valence electrons. The molecule has 1 amide bonds. The molecule has 1 N–H and O–H groups in total. The molecule has 0 spiro atoms. The zero-order valence-corrected chi connectivity index (χ0v) is 19.0. The number of anilines is 1. The molecule has 0 aliphatic carbocycles. The molecular weight excluding hydrogens is 452 g/mol. The summed E-state index contributed by atoms with van der Waals surface area (Å²) in [4.78, 5) is 40.6. The maximum absolute atomic E-state index is 13.2. The molecule has 0 radical (unpaired) electrons. The van der Waals surface area contributed by atoms with Gasteiger partial charge in [0.15, 0.2) is 5.16 Å². The molecule has 0 fully saturated rings. The Bertz CT molecular complexity index is 1370.